The van der Waals surface area contributed by atoms with Crippen molar-refractivity contribution in [3.8, 4) is 6.07 Å². The fourth-order valence-electron chi connectivity index (χ4n) is 7.06. The lowest BCUT2D eigenvalue weighted by molar-refractivity contribution is 0.0820. The van der Waals surface area contributed by atoms with Gasteiger partial charge in [-0.2, -0.15) is 5.26 Å². The normalized spacial score (nSPS) is 20.0. The number of tetrazole rings is 1. The van der Waals surface area contributed by atoms with Crippen LogP contribution in [0.25, 0.3) is 0 Å². The lowest BCUT2D eigenvalue weighted by Crippen LogP contribution is -2.39. The molecular formula is C34H43N9O2. The minimum atomic E-state index is -0.789. The van der Waals surface area contributed by atoms with Gasteiger partial charge in [-0.3, -0.25) is 9.59 Å². The Bertz CT molecular complexity index is 1550. The number of likely N-dealkylation sites (tertiary alicyclic amines) is 1. The molecule has 1 aliphatic carbocycles. The van der Waals surface area contributed by atoms with Gasteiger partial charge in [0, 0.05) is 57.6 Å². The summed E-state index contributed by atoms with van der Waals surface area (Å²) in [7, 11) is 7.00. The number of amides is 2. The van der Waals surface area contributed by atoms with Crippen molar-refractivity contribution in [2.45, 2.75) is 57.0 Å². The van der Waals surface area contributed by atoms with Crippen molar-refractivity contribution < 1.29 is 9.59 Å². The highest BCUT2D eigenvalue weighted by Crippen LogP contribution is 2.46. The summed E-state index contributed by atoms with van der Waals surface area (Å²) in [6.07, 6.45) is 2.80. The number of aromatic amines is 1. The molecule has 2 unspecified atom stereocenters. The summed E-state index contributed by atoms with van der Waals surface area (Å²) in [6, 6.07) is 14.3. The quantitative estimate of drug-likeness (QED) is 0.354. The fourth-order valence-corrected chi connectivity index (χ4v) is 7.06. The summed E-state index contributed by atoms with van der Waals surface area (Å²) in [6.45, 7) is 9.80. The molecule has 45 heavy (non-hydrogen) atoms. The van der Waals surface area contributed by atoms with Crippen LogP contribution in [0.5, 0.6) is 0 Å². The van der Waals surface area contributed by atoms with Gasteiger partial charge in [-0.25, -0.2) is 5.10 Å². The van der Waals surface area contributed by atoms with E-state index in [1.807, 2.05) is 36.4 Å². The van der Waals surface area contributed by atoms with Crippen LogP contribution in [-0.2, 0) is 18.3 Å². The second kappa shape index (κ2) is 12.8. The fraction of sp³-hybridized carbons (Fsp3) is 0.471. The molecule has 2 N–H and O–H groups in total. The lowest BCUT2D eigenvalue weighted by Gasteiger charge is -2.35. The Morgan fingerprint density at radius 2 is 1.62 bits per heavy atom. The molecule has 2 amide bonds. The summed E-state index contributed by atoms with van der Waals surface area (Å²) >= 11 is 0. The van der Waals surface area contributed by atoms with Crippen molar-refractivity contribution in [3.63, 3.8) is 0 Å². The number of fused-ring (bicyclic) bond motifs is 2. The minimum Gasteiger partial charge on any atom is -0.355 e. The van der Waals surface area contributed by atoms with Gasteiger partial charge in [0.1, 0.15) is 6.04 Å². The summed E-state index contributed by atoms with van der Waals surface area (Å²) in [5.74, 6) is 0.886. The first-order valence-corrected chi connectivity index (χ1v) is 15.5. The van der Waals surface area contributed by atoms with E-state index in [1.165, 1.54) is 0 Å². The van der Waals surface area contributed by atoms with Gasteiger partial charge in [-0.15, -0.1) is 5.10 Å². The zero-order valence-corrected chi connectivity index (χ0v) is 27.1. The number of nitriles is 1. The van der Waals surface area contributed by atoms with Crippen LogP contribution in [0, 0.1) is 17.2 Å². The van der Waals surface area contributed by atoms with Gasteiger partial charge in [0.05, 0.1) is 11.5 Å². The number of rotatable bonds is 9. The highest BCUT2D eigenvalue weighted by Gasteiger charge is 2.44. The largest absolute Gasteiger partial charge is 0.355 e. The first-order valence-electron chi connectivity index (χ1n) is 15.5. The third-order valence-corrected chi connectivity index (χ3v) is 9.56. The topological polar surface area (TPSA) is 134 Å². The molecule has 5 rings (SSSR count). The second-order valence-corrected chi connectivity index (χ2v) is 12.8. The molecule has 2 aromatic carbocycles. The lowest BCUT2D eigenvalue weighted by atomic mass is 9.69. The SMILES string of the molecule is C=C(CNCCC1(c2nnn[nH]2)c2ccc(C(=O)N(C)C)cc2CCc2cc(C(=O)N(C)C)ccc21)N1C(C#N)C[C@H](C)C1C. The Morgan fingerprint density at radius 3 is 2.11 bits per heavy atom. The molecule has 0 spiro atoms. The Balaban J connectivity index is 1.55. The van der Waals surface area contributed by atoms with Gasteiger partial charge in [-0.05, 0) is 102 Å². The third-order valence-electron chi connectivity index (χ3n) is 9.56. The highest BCUT2D eigenvalue weighted by molar-refractivity contribution is 5.95. The number of carbonyl (C=O) groups excluding carboxylic acids is 2. The van der Waals surface area contributed by atoms with E-state index in [4.69, 9.17) is 0 Å². The van der Waals surface area contributed by atoms with Crippen molar-refractivity contribution in [1.29, 1.82) is 5.26 Å². The minimum absolute atomic E-state index is 0.0633. The van der Waals surface area contributed by atoms with Crippen LogP contribution in [-0.4, -0.2) is 101 Å². The van der Waals surface area contributed by atoms with E-state index in [-0.39, 0.29) is 23.9 Å². The molecule has 1 fully saturated rings. The molecule has 1 aromatic heterocycles. The van der Waals surface area contributed by atoms with Crippen molar-refractivity contribution in [3.05, 3.63) is 87.9 Å². The van der Waals surface area contributed by atoms with Crippen LogP contribution in [0.3, 0.4) is 0 Å². The second-order valence-electron chi connectivity index (χ2n) is 12.8. The predicted octanol–water partition coefficient (Wildman–Crippen LogP) is 3.15. The molecule has 0 radical (unpaired) electrons. The number of carbonyl (C=O) groups is 2. The Hall–Kier alpha value is -4.56. The van der Waals surface area contributed by atoms with Crippen molar-refractivity contribution in [2.24, 2.45) is 5.92 Å². The van der Waals surface area contributed by atoms with Crippen LogP contribution in [0.4, 0.5) is 0 Å². The van der Waals surface area contributed by atoms with E-state index in [0.717, 1.165) is 34.4 Å². The van der Waals surface area contributed by atoms with Crippen molar-refractivity contribution >= 4 is 11.8 Å². The number of H-pyrrole nitrogens is 1. The van der Waals surface area contributed by atoms with E-state index >= 15 is 0 Å². The number of hydrogen-bond donors (Lipinski definition) is 2. The monoisotopic (exact) mass is 609 g/mol. The van der Waals surface area contributed by atoms with Crippen molar-refractivity contribution in [2.75, 3.05) is 41.3 Å². The Morgan fingerprint density at radius 1 is 1.04 bits per heavy atom. The molecule has 0 bridgehead atoms. The van der Waals surface area contributed by atoms with E-state index in [2.05, 4.69) is 57.3 Å². The van der Waals surface area contributed by atoms with Crippen LogP contribution in [0.2, 0.25) is 0 Å². The molecule has 2 aliphatic rings. The van der Waals surface area contributed by atoms with E-state index in [0.29, 0.717) is 55.2 Å². The third kappa shape index (κ3) is 5.82. The average Bonchev–Trinajstić information content (AvgIpc) is 3.64. The maximum Gasteiger partial charge on any atom is 0.253 e. The molecule has 2 heterocycles. The highest BCUT2D eigenvalue weighted by atomic mass is 16.2. The van der Waals surface area contributed by atoms with Crippen LogP contribution >= 0.6 is 0 Å². The van der Waals surface area contributed by atoms with Gasteiger partial charge in [0.2, 0.25) is 0 Å². The van der Waals surface area contributed by atoms with E-state index in [9.17, 15) is 14.9 Å². The van der Waals surface area contributed by atoms with Gasteiger partial charge in [-0.1, -0.05) is 25.6 Å². The summed E-state index contributed by atoms with van der Waals surface area (Å²) < 4.78 is 0. The van der Waals surface area contributed by atoms with E-state index < -0.39 is 5.41 Å². The molecular weight excluding hydrogens is 566 g/mol. The Labute approximate surface area is 265 Å². The number of nitrogens with zero attached hydrogens (tertiary/aromatic N) is 7. The average molecular weight is 610 g/mol. The number of aromatic nitrogens is 4. The number of benzene rings is 2. The standard InChI is InChI=1S/C34H43N9O2/c1-21-16-28(19-35)43(23(21)3)22(2)20-36-15-14-34(33-37-39-40-38-33)29-12-10-26(31(44)41(4)5)17-24(29)8-9-25-18-27(11-13-30(25)34)32(45)42(6)7/h10-13,17-18,21,23,28,36H,2,8-9,14-16,20H2,1,3-7H3,(H,37,38,39,40)/t21-,23?,28?/m0/s1. The smallest absolute Gasteiger partial charge is 0.253 e. The number of nitrogens with one attached hydrogen (secondary N) is 2. The van der Waals surface area contributed by atoms with Gasteiger partial charge >= 0.3 is 0 Å². The maximum absolute atomic E-state index is 13.0. The van der Waals surface area contributed by atoms with Crippen molar-refractivity contribution in [1.82, 2.24) is 40.6 Å². The van der Waals surface area contributed by atoms with E-state index in [1.54, 1.807) is 38.0 Å². The van der Waals surface area contributed by atoms with Crippen LogP contribution in [0.1, 0.15) is 75.5 Å². The molecule has 0 saturated carbocycles. The zero-order chi connectivity index (χ0) is 32.5. The molecule has 3 aromatic rings. The predicted molar refractivity (Wildman–Crippen MR) is 171 cm³/mol. The summed E-state index contributed by atoms with van der Waals surface area (Å²) in [4.78, 5) is 31.3. The van der Waals surface area contributed by atoms with Gasteiger partial charge < -0.3 is 20.0 Å². The zero-order valence-electron chi connectivity index (χ0n) is 27.1. The van der Waals surface area contributed by atoms with Crippen LogP contribution in [0.15, 0.2) is 48.7 Å². The molecule has 11 heteroatoms. The molecule has 11 nitrogen and oxygen atoms in total. The first kappa shape index (κ1) is 31.9. The van der Waals surface area contributed by atoms with Gasteiger partial charge in [0.25, 0.3) is 11.8 Å². The Kier molecular flexibility index (Phi) is 9.07. The molecule has 3 atom stereocenters. The molecule has 1 aliphatic heterocycles. The first-order chi connectivity index (χ1) is 21.5. The van der Waals surface area contributed by atoms with Crippen LogP contribution < -0.4 is 5.32 Å². The molecule has 1 saturated heterocycles. The number of aryl methyl sites for hydroxylation is 2. The van der Waals surface area contributed by atoms with Gasteiger partial charge in [0.15, 0.2) is 5.82 Å². The maximum atomic E-state index is 13.0. The summed E-state index contributed by atoms with van der Waals surface area (Å²) in [5.41, 5.74) is 5.47. The molecule has 236 valence electrons. The number of hydrogen-bond acceptors (Lipinski definition) is 8. The summed E-state index contributed by atoms with van der Waals surface area (Å²) in [5, 5.41) is 28.9.